The molecule has 0 radical (unpaired) electrons. The van der Waals surface area contributed by atoms with Gasteiger partial charge >= 0.3 is 18.2 Å². The molecule has 2 amide bonds. The van der Waals surface area contributed by atoms with Gasteiger partial charge in [0.05, 0.1) is 5.56 Å². The van der Waals surface area contributed by atoms with E-state index in [9.17, 15) is 14.4 Å². The fraction of sp³-hybridized carbons (Fsp3) is 0.500. The fourth-order valence-corrected chi connectivity index (χ4v) is 5.28. The summed E-state index contributed by atoms with van der Waals surface area (Å²) in [6, 6.07) is 17.9. The molecule has 1 fully saturated rings. The number of carbonyl (C=O) groups is 3. The molecule has 3 unspecified atom stereocenters. The number of para-hydroxylation sites is 1. The maximum Gasteiger partial charge on any atom is 0.407 e. The summed E-state index contributed by atoms with van der Waals surface area (Å²) in [6.45, 7) is 8.80. The second-order valence-electron chi connectivity index (χ2n) is 11.2. The lowest BCUT2D eigenvalue weighted by Crippen LogP contribution is -2.50. The molecule has 212 valence electrons. The van der Waals surface area contributed by atoms with Crippen molar-refractivity contribution < 1.29 is 33.3 Å². The number of amides is 2. The molecule has 0 heterocycles. The molecule has 0 bridgehead atoms. The van der Waals surface area contributed by atoms with Crippen LogP contribution in [0.5, 0.6) is 5.75 Å². The Labute approximate surface area is 230 Å². The highest BCUT2D eigenvalue weighted by molar-refractivity contribution is 5.89. The molecular weight excluding hydrogens is 500 g/mol. The molecule has 2 aromatic rings. The van der Waals surface area contributed by atoms with Crippen LogP contribution >= 0.6 is 0 Å². The predicted octanol–water partition coefficient (Wildman–Crippen LogP) is 5.35. The van der Waals surface area contributed by atoms with Gasteiger partial charge in [-0.1, -0.05) is 57.2 Å². The van der Waals surface area contributed by atoms with Crippen molar-refractivity contribution in [2.24, 2.45) is 10.8 Å². The number of carbonyl (C=O) groups excluding carboxylic acids is 3. The van der Waals surface area contributed by atoms with E-state index in [0.717, 1.165) is 18.6 Å². The molecule has 1 aliphatic carbocycles. The van der Waals surface area contributed by atoms with Crippen molar-refractivity contribution in [1.29, 1.82) is 0 Å². The molecule has 0 aromatic heterocycles. The van der Waals surface area contributed by atoms with Crippen molar-refractivity contribution in [3.05, 3.63) is 66.2 Å². The lowest BCUT2D eigenvalue weighted by molar-refractivity contribution is 0.0200. The number of ether oxygens (including phenoxy) is 4. The molecule has 1 saturated carbocycles. The predicted molar refractivity (Wildman–Crippen MR) is 147 cm³/mol. The minimum atomic E-state index is -0.608. The van der Waals surface area contributed by atoms with Crippen LogP contribution < -0.4 is 15.4 Å². The maximum atomic E-state index is 12.4. The summed E-state index contributed by atoms with van der Waals surface area (Å²) in [6.07, 6.45) is 0.669. The van der Waals surface area contributed by atoms with Crippen LogP contribution in [0.4, 0.5) is 9.59 Å². The molecule has 39 heavy (non-hydrogen) atoms. The van der Waals surface area contributed by atoms with E-state index in [1.807, 2.05) is 36.4 Å². The lowest BCUT2D eigenvalue weighted by atomic mass is 9.62. The van der Waals surface area contributed by atoms with Crippen LogP contribution in [0.15, 0.2) is 60.7 Å². The molecule has 0 aliphatic heterocycles. The Hall–Kier alpha value is -3.75. The van der Waals surface area contributed by atoms with Gasteiger partial charge in [0.25, 0.3) is 0 Å². The number of alkyl carbamates (subject to hydrolysis) is 2. The molecule has 9 nitrogen and oxygen atoms in total. The first-order chi connectivity index (χ1) is 18.5. The van der Waals surface area contributed by atoms with Crippen molar-refractivity contribution in [1.82, 2.24) is 10.6 Å². The van der Waals surface area contributed by atoms with Crippen molar-refractivity contribution in [3.63, 3.8) is 0 Å². The zero-order valence-electron chi connectivity index (χ0n) is 23.2. The lowest BCUT2D eigenvalue weighted by Gasteiger charge is -2.46. The van der Waals surface area contributed by atoms with Crippen molar-refractivity contribution >= 4 is 18.2 Å². The van der Waals surface area contributed by atoms with Crippen LogP contribution in [0.1, 0.15) is 57.3 Å². The molecule has 2 N–H and O–H groups in total. The van der Waals surface area contributed by atoms with Crippen LogP contribution in [0.25, 0.3) is 0 Å². The van der Waals surface area contributed by atoms with Crippen molar-refractivity contribution in [3.8, 4) is 5.75 Å². The largest absolute Gasteiger partial charge is 0.490 e. The Bertz CT molecular complexity index is 1080. The zero-order chi connectivity index (χ0) is 28.3. The minimum Gasteiger partial charge on any atom is -0.490 e. The number of hydrogen-bond acceptors (Lipinski definition) is 7. The number of rotatable bonds is 11. The van der Waals surface area contributed by atoms with Gasteiger partial charge in [0.1, 0.15) is 31.7 Å². The topological polar surface area (TPSA) is 112 Å². The van der Waals surface area contributed by atoms with Gasteiger partial charge in [0.15, 0.2) is 0 Å². The van der Waals surface area contributed by atoms with Gasteiger partial charge in [-0.05, 0) is 61.3 Å². The van der Waals surface area contributed by atoms with E-state index in [4.69, 9.17) is 18.9 Å². The number of hydrogen-bond donors (Lipinski definition) is 2. The first-order valence-electron chi connectivity index (χ1n) is 13.3. The molecule has 2 aromatic carbocycles. The quantitative estimate of drug-likeness (QED) is 0.225. The van der Waals surface area contributed by atoms with E-state index in [1.54, 1.807) is 31.2 Å². The van der Waals surface area contributed by atoms with E-state index in [0.29, 0.717) is 18.5 Å². The molecule has 0 saturated heterocycles. The first-order valence-corrected chi connectivity index (χ1v) is 13.3. The zero-order valence-corrected chi connectivity index (χ0v) is 23.2. The Morgan fingerprint density at radius 1 is 0.897 bits per heavy atom. The number of esters is 1. The Morgan fingerprint density at radius 3 is 2.26 bits per heavy atom. The summed E-state index contributed by atoms with van der Waals surface area (Å²) >= 11 is 0. The van der Waals surface area contributed by atoms with Gasteiger partial charge in [-0.15, -0.1) is 0 Å². The van der Waals surface area contributed by atoms with Gasteiger partial charge in [-0.3, -0.25) is 0 Å². The normalized spacial score (nSPS) is 20.7. The average Bonchev–Trinajstić information content (AvgIpc) is 2.88. The summed E-state index contributed by atoms with van der Waals surface area (Å²) in [5.74, 6) is 0.254. The number of nitrogens with one attached hydrogen (secondary N) is 2. The van der Waals surface area contributed by atoms with Crippen LogP contribution in [0.3, 0.4) is 0 Å². The minimum absolute atomic E-state index is 0.0457. The second kappa shape index (κ2) is 13.9. The Kier molecular flexibility index (Phi) is 10.6. The van der Waals surface area contributed by atoms with Gasteiger partial charge < -0.3 is 29.6 Å². The van der Waals surface area contributed by atoms with Gasteiger partial charge in [0, 0.05) is 12.6 Å². The van der Waals surface area contributed by atoms with E-state index in [2.05, 4.69) is 31.4 Å². The number of benzene rings is 2. The Balaban J connectivity index is 1.39. The van der Waals surface area contributed by atoms with Crippen LogP contribution in [-0.2, 0) is 14.2 Å². The summed E-state index contributed by atoms with van der Waals surface area (Å²) in [5.41, 5.74) is 0.124. The van der Waals surface area contributed by atoms with Crippen LogP contribution in [0.2, 0.25) is 0 Å². The van der Waals surface area contributed by atoms with E-state index in [1.165, 1.54) is 0 Å². The Morgan fingerprint density at radius 2 is 1.56 bits per heavy atom. The van der Waals surface area contributed by atoms with Gasteiger partial charge in [-0.2, -0.15) is 0 Å². The molecular formula is C30H40N2O7. The molecule has 9 heteroatoms. The highest BCUT2D eigenvalue weighted by Crippen LogP contribution is 2.45. The smallest absolute Gasteiger partial charge is 0.407 e. The van der Waals surface area contributed by atoms with E-state index < -0.39 is 24.3 Å². The van der Waals surface area contributed by atoms with Crippen molar-refractivity contribution in [2.45, 2.75) is 59.1 Å². The first kappa shape index (κ1) is 29.8. The standard InChI is InChI=1S/C30H40N2O7/c1-22(19-38-26(33)23-11-7-5-8-12-23)39-27(34)31-21-30(4)18-24(17-29(2,3)20-30)32-28(35)37-16-15-36-25-13-9-6-10-14-25/h5-14,22,24H,15-21H2,1-4H3,(H,31,34)(H,32,35). The monoisotopic (exact) mass is 540 g/mol. The molecule has 0 spiro atoms. The van der Waals surface area contributed by atoms with E-state index >= 15 is 0 Å². The van der Waals surface area contributed by atoms with Gasteiger partial charge in [0.2, 0.25) is 0 Å². The van der Waals surface area contributed by atoms with Crippen LogP contribution in [-0.4, -0.2) is 56.7 Å². The molecule has 3 atom stereocenters. The summed E-state index contributed by atoms with van der Waals surface area (Å²) in [4.78, 5) is 37.0. The fourth-order valence-electron chi connectivity index (χ4n) is 5.28. The third kappa shape index (κ3) is 10.5. The SMILES string of the molecule is CC(COC(=O)c1ccccc1)OC(=O)NCC1(C)CC(NC(=O)OCCOc2ccccc2)CC(C)(C)C1. The molecule has 1 aliphatic rings. The van der Waals surface area contributed by atoms with Crippen molar-refractivity contribution in [2.75, 3.05) is 26.4 Å². The summed E-state index contributed by atoms with van der Waals surface area (Å²) < 4.78 is 21.5. The summed E-state index contributed by atoms with van der Waals surface area (Å²) in [5, 5.41) is 5.83. The average molecular weight is 541 g/mol. The third-order valence-electron chi connectivity index (χ3n) is 6.52. The highest BCUT2D eigenvalue weighted by atomic mass is 16.6. The van der Waals surface area contributed by atoms with E-state index in [-0.39, 0.29) is 36.7 Å². The highest BCUT2D eigenvalue weighted by Gasteiger charge is 2.42. The molecule has 3 rings (SSSR count). The second-order valence-corrected chi connectivity index (χ2v) is 11.2. The van der Waals surface area contributed by atoms with Gasteiger partial charge in [-0.25, -0.2) is 14.4 Å². The third-order valence-corrected chi connectivity index (χ3v) is 6.52. The maximum absolute atomic E-state index is 12.4. The van der Waals surface area contributed by atoms with Crippen LogP contribution in [0, 0.1) is 10.8 Å². The summed E-state index contributed by atoms with van der Waals surface area (Å²) in [7, 11) is 0.